The second-order valence-corrected chi connectivity index (χ2v) is 8.83. The van der Waals surface area contributed by atoms with Crippen molar-refractivity contribution in [3.8, 4) is 5.75 Å². The summed E-state index contributed by atoms with van der Waals surface area (Å²) in [6.07, 6.45) is 0.486. The predicted octanol–water partition coefficient (Wildman–Crippen LogP) is 0.205. The van der Waals surface area contributed by atoms with Crippen LogP contribution in [0.2, 0.25) is 0 Å². The second-order valence-electron chi connectivity index (χ2n) is 7.08. The number of nitrogens with one attached hydrogen (secondary N) is 2. The maximum absolute atomic E-state index is 12.1. The predicted molar refractivity (Wildman–Crippen MR) is 102 cm³/mol. The molecule has 0 radical (unpaired) electrons. The number of carbonyl (C=O) groups is 1. The Kier molecular flexibility index (Phi) is 6.43. The lowest BCUT2D eigenvalue weighted by Crippen LogP contribution is -2.47. The highest BCUT2D eigenvalue weighted by molar-refractivity contribution is 7.92. The first-order chi connectivity index (χ1) is 13.3. The van der Waals surface area contributed by atoms with Gasteiger partial charge in [-0.2, -0.15) is 0 Å². The van der Waals surface area contributed by atoms with Crippen molar-refractivity contribution in [3.05, 3.63) is 23.8 Å². The summed E-state index contributed by atoms with van der Waals surface area (Å²) in [7, 11) is -1.83. The number of ether oxygens (including phenoxy) is 3. The van der Waals surface area contributed by atoms with Gasteiger partial charge in [0.2, 0.25) is 15.9 Å². The normalized spacial score (nSPS) is 26.1. The van der Waals surface area contributed by atoms with Gasteiger partial charge in [0.05, 0.1) is 32.0 Å². The van der Waals surface area contributed by atoms with E-state index in [-0.39, 0.29) is 37.1 Å². The number of fused-ring (bicyclic) bond motifs is 3. The molecule has 0 bridgehead atoms. The Hall–Kier alpha value is -1.88. The number of benzene rings is 1. The molecule has 0 aromatic heterocycles. The summed E-state index contributed by atoms with van der Waals surface area (Å²) in [5.41, 5.74) is 1.30. The monoisotopic (exact) mass is 414 g/mol. The zero-order valence-corrected chi connectivity index (χ0v) is 16.7. The molecule has 2 aliphatic heterocycles. The summed E-state index contributed by atoms with van der Waals surface area (Å²) < 4.78 is 42.2. The average Bonchev–Trinajstić information content (AvgIpc) is 2.98. The van der Waals surface area contributed by atoms with Gasteiger partial charge in [0.15, 0.2) is 0 Å². The molecular weight excluding hydrogens is 388 g/mol. The second kappa shape index (κ2) is 8.64. The van der Waals surface area contributed by atoms with Gasteiger partial charge in [-0.05, 0) is 24.6 Å². The highest BCUT2D eigenvalue weighted by Crippen LogP contribution is 2.47. The molecule has 10 heteroatoms. The van der Waals surface area contributed by atoms with E-state index >= 15 is 0 Å². The Bertz CT molecular complexity index is 814. The average molecular weight is 414 g/mol. The van der Waals surface area contributed by atoms with E-state index in [1.807, 2.05) is 0 Å². The van der Waals surface area contributed by atoms with Gasteiger partial charge in [0.25, 0.3) is 0 Å². The Morgan fingerprint density at radius 3 is 2.86 bits per heavy atom. The molecule has 4 atom stereocenters. The number of hydrogen-bond donors (Lipinski definition) is 3. The summed E-state index contributed by atoms with van der Waals surface area (Å²) >= 11 is 0. The number of rotatable bonds is 8. The summed E-state index contributed by atoms with van der Waals surface area (Å²) in [5, 5.41) is 12.5. The Morgan fingerprint density at radius 2 is 2.18 bits per heavy atom. The van der Waals surface area contributed by atoms with Crippen LogP contribution in [0.3, 0.4) is 0 Å². The maximum Gasteiger partial charge on any atom is 0.229 e. The largest absolute Gasteiger partial charge is 0.487 e. The van der Waals surface area contributed by atoms with Gasteiger partial charge in [0.1, 0.15) is 18.0 Å². The molecule has 3 N–H and O–H groups in total. The van der Waals surface area contributed by atoms with Crippen molar-refractivity contribution >= 4 is 21.6 Å². The minimum Gasteiger partial charge on any atom is -0.487 e. The van der Waals surface area contributed by atoms with Crippen LogP contribution in [-0.2, 0) is 24.3 Å². The van der Waals surface area contributed by atoms with Gasteiger partial charge in [-0.15, -0.1) is 0 Å². The summed E-state index contributed by atoms with van der Waals surface area (Å²) in [6.45, 7) is 0.619. The molecule has 0 spiro atoms. The molecule has 0 saturated carbocycles. The van der Waals surface area contributed by atoms with Crippen molar-refractivity contribution in [2.75, 3.05) is 37.8 Å². The van der Waals surface area contributed by atoms with Crippen molar-refractivity contribution in [2.24, 2.45) is 0 Å². The number of methoxy groups -OCH3 is 1. The van der Waals surface area contributed by atoms with E-state index in [0.717, 1.165) is 11.8 Å². The van der Waals surface area contributed by atoms with Gasteiger partial charge in [-0.25, -0.2) is 8.42 Å². The van der Waals surface area contributed by atoms with Crippen molar-refractivity contribution in [1.82, 2.24) is 5.32 Å². The first-order valence-corrected chi connectivity index (χ1v) is 11.0. The minimum atomic E-state index is -3.40. The maximum atomic E-state index is 12.1. The third-order valence-corrected chi connectivity index (χ3v) is 5.45. The number of amides is 1. The van der Waals surface area contributed by atoms with Gasteiger partial charge in [0, 0.05) is 30.8 Å². The van der Waals surface area contributed by atoms with Crippen LogP contribution < -0.4 is 14.8 Å². The van der Waals surface area contributed by atoms with E-state index in [1.165, 1.54) is 0 Å². The molecule has 1 aromatic carbocycles. The van der Waals surface area contributed by atoms with Crippen molar-refractivity contribution < 1.29 is 32.5 Å². The smallest absolute Gasteiger partial charge is 0.229 e. The van der Waals surface area contributed by atoms with Crippen LogP contribution in [0.25, 0.3) is 0 Å². The number of hydrogen-bond acceptors (Lipinski definition) is 7. The van der Waals surface area contributed by atoms with Crippen LogP contribution in [-0.4, -0.2) is 70.9 Å². The Morgan fingerprint density at radius 1 is 1.39 bits per heavy atom. The molecule has 1 aromatic rings. The standard InChI is InChI=1S/C18H26N2O7S/c1-25-6-5-19-17(22)9-12-8-14-13-7-11(20-28(2,23)24)3-4-15(13)27-18(14)16(10-21)26-12/h3-4,7,12,14,16,18,20-21H,5-6,8-10H2,1-2H3,(H,19,22)/t12-,14-,16-,18+/m1/s1. The summed E-state index contributed by atoms with van der Waals surface area (Å²) in [4.78, 5) is 12.1. The van der Waals surface area contributed by atoms with Crippen molar-refractivity contribution in [3.63, 3.8) is 0 Å². The summed E-state index contributed by atoms with van der Waals surface area (Å²) in [5.74, 6) is 0.393. The first-order valence-electron chi connectivity index (χ1n) is 9.11. The Labute approximate surface area is 164 Å². The molecule has 2 aliphatic rings. The van der Waals surface area contributed by atoms with Crippen LogP contribution in [0.4, 0.5) is 5.69 Å². The fourth-order valence-electron chi connectivity index (χ4n) is 3.74. The topological polar surface area (TPSA) is 123 Å². The van der Waals surface area contributed by atoms with Crippen molar-refractivity contribution in [2.45, 2.75) is 37.1 Å². The fraction of sp³-hybridized carbons (Fsp3) is 0.611. The third kappa shape index (κ3) is 4.93. The van der Waals surface area contributed by atoms with Crippen LogP contribution in [0.15, 0.2) is 18.2 Å². The van der Waals surface area contributed by atoms with Crippen LogP contribution in [0, 0.1) is 0 Å². The van der Waals surface area contributed by atoms with E-state index < -0.39 is 16.1 Å². The van der Waals surface area contributed by atoms with E-state index in [9.17, 15) is 18.3 Å². The first kappa shape index (κ1) is 20.8. The molecule has 1 fully saturated rings. The van der Waals surface area contributed by atoms with Crippen LogP contribution >= 0.6 is 0 Å². The van der Waals surface area contributed by atoms with Crippen LogP contribution in [0.5, 0.6) is 5.75 Å². The lowest BCUT2D eigenvalue weighted by Gasteiger charge is -2.37. The molecule has 9 nitrogen and oxygen atoms in total. The number of aliphatic hydroxyl groups is 1. The van der Waals surface area contributed by atoms with Gasteiger partial charge >= 0.3 is 0 Å². The number of aliphatic hydroxyl groups excluding tert-OH is 1. The third-order valence-electron chi connectivity index (χ3n) is 4.84. The van der Waals surface area contributed by atoms with Crippen LogP contribution in [0.1, 0.15) is 24.3 Å². The molecular formula is C18H26N2O7S. The van der Waals surface area contributed by atoms with E-state index in [0.29, 0.717) is 31.0 Å². The minimum absolute atomic E-state index is 0.0982. The highest BCUT2D eigenvalue weighted by atomic mass is 32.2. The molecule has 0 unspecified atom stereocenters. The van der Waals surface area contributed by atoms with E-state index in [2.05, 4.69) is 10.0 Å². The zero-order chi connectivity index (χ0) is 20.3. The number of anilines is 1. The zero-order valence-electron chi connectivity index (χ0n) is 15.9. The van der Waals surface area contributed by atoms with E-state index in [1.54, 1.807) is 25.3 Å². The Balaban J connectivity index is 1.74. The summed E-state index contributed by atoms with van der Waals surface area (Å²) in [6, 6.07) is 5.09. The van der Waals surface area contributed by atoms with Gasteiger partial charge < -0.3 is 24.6 Å². The molecule has 1 amide bonds. The lowest BCUT2D eigenvalue weighted by molar-refractivity contribution is -0.142. The molecule has 28 heavy (non-hydrogen) atoms. The molecule has 1 saturated heterocycles. The van der Waals surface area contributed by atoms with Crippen molar-refractivity contribution in [1.29, 1.82) is 0 Å². The lowest BCUT2D eigenvalue weighted by atomic mass is 9.84. The number of sulfonamides is 1. The molecule has 0 aliphatic carbocycles. The SMILES string of the molecule is COCCNC(=O)C[C@H]1C[C@@H]2c3cc(NS(C)(=O)=O)ccc3O[C@@H]2[C@@H](CO)O1. The van der Waals surface area contributed by atoms with Gasteiger partial charge in [-0.3, -0.25) is 9.52 Å². The van der Waals surface area contributed by atoms with E-state index in [4.69, 9.17) is 14.2 Å². The van der Waals surface area contributed by atoms with Gasteiger partial charge in [-0.1, -0.05) is 0 Å². The molecule has 156 valence electrons. The quantitative estimate of drug-likeness (QED) is 0.520. The highest BCUT2D eigenvalue weighted by Gasteiger charge is 2.46. The molecule has 2 heterocycles. The number of carbonyl (C=O) groups excluding carboxylic acids is 1. The fourth-order valence-corrected chi connectivity index (χ4v) is 4.29. The molecule has 3 rings (SSSR count).